The number of nitro benzene ring substituents is 1. The average Bonchev–Trinajstić information content (AvgIpc) is 3.10. The first-order valence-electron chi connectivity index (χ1n) is 8.35. The monoisotopic (exact) mass is 357 g/mol. The summed E-state index contributed by atoms with van der Waals surface area (Å²) < 4.78 is 5.80. The molecule has 0 aliphatic rings. The Kier molecular flexibility index (Phi) is 4.22. The van der Waals surface area contributed by atoms with Crippen LogP contribution >= 0.6 is 0 Å². The summed E-state index contributed by atoms with van der Waals surface area (Å²) in [4.78, 5) is 19.2. The molecule has 27 heavy (non-hydrogen) atoms. The van der Waals surface area contributed by atoms with Crippen molar-refractivity contribution in [1.82, 2.24) is 4.98 Å². The van der Waals surface area contributed by atoms with Crippen molar-refractivity contribution in [3.63, 3.8) is 0 Å². The van der Waals surface area contributed by atoms with Crippen molar-refractivity contribution >= 4 is 28.7 Å². The molecule has 0 fully saturated rings. The van der Waals surface area contributed by atoms with Gasteiger partial charge in [0.15, 0.2) is 5.58 Å². The number of aryl methyl sites for hydroxylation is 1. The van der Waals surface area contributed by atoms with E-state index >= 15 is 0 Å². The Bertz CT molecular complexity index is 1140. The van der Waals surface area contributed by atoms with Crippen LogP contribution in [0.4, 0.5) is 11.4 Å². The Hall–Kier alpha value is -3.80. The van der Waals surface area contributed by atoms with Crippen LogP contribution in [-0.2, 0) is 0 Å². The van der Waals surface area contributed by atoms with Crippen LogP contribution in [0, 0.1) is 17.0 Å². The Balaban J connectivity index is 1.53. The molecule has 0 saturated carbocycles. The van der Waals surface area contributed by atoms with E-state index in [9.17, 15) is 10.1 Å². The van der Waals surface area contributed by atoms with Gasteiger partial charge in [-0.2, -0.15) is 0 Å². The summed E-state index contributed by atoms with van der Waals surface area (Å²) in [6, 6.07) is 19.7. The van der Waals surface area contributed by atoms with Crippen LogP contribution in [-0.4, -0.2) is 16.1 Å². The van der Waals surface area contributed by atoms with Gasteiger partial charge in [0.25, 0.3) is 5.69 Å². The summed E-state index contributed by atoms with van der Waals surface area (Å²) >= 11 is 0. The van der Waals surface area contributed by atoms with E-state index in [0.717, 1.165) is 33.5 Å². The number of rotatable bonds is 4. The molecule has 6 heteroatoms. The topological polar surface area (TPSA) is 81.5 Å². The maximum absolute atomic E-state index is 10.7. The number of nitrogens with zero attached hydrogens (tertiary/aromatic N) is 3. The number of nitro groups is 1. The molecule has 0 radical (unpaired) electrons. The van der Waals surface area contributed by atoms with Gasteiger partial charge >= 0.3 is 0 Å². The minimum atomic E-state index is -0.424. The zero-order valence-electron chi connectivity index (χ0n) is 14.5. The van der Waals surface area contributed by atoms with Crippen LogP contribution in [0.1, 0.15) is 11.1 Å². The number of hydrogen-bond acceptors (Lipinski definition) is 5. The van der Waals surface area contributed by atoms with Crippen molar-refractivity contribution in [2.75, 3.05) is 0 Å². The predicted molar refractivity (Wildman–Crippen MR) is 105 cm³/mol. The highest BCUT2D eigenvalue weighted by atomic mass is 16.6. The second-order valence-corrected chi connectivity index (χ2v) is 6.14. The molecule has 1 aromatic heterocycles. The van der Waals surface area contributed by atoms with Gasteiger partial charge < -0.3 is 4.42 Å². The molecule has 0 aliphatic carbocycles. The molecule has 3 aromatic carbocycles. The molecule has 0 bridgehead atoms. The van der Waals surface area contributed by atoms with Crippen LogP contribution in [0.2, 0.25) is 0 Å². The van der Waals surface area contributed by atoms with E-state index in [-0.39, 0.29) is 5.69 Å². The standard InChI is InChI=1S/C21H15N3O3/c1-14-2-11-20-19(12-14)23-21(27-20)16-5-7-17(8-6-16)22-13-15-3-9-18(10-4-15)24(25)26/h2-13H,1H3. The Morgan fingerprint density at radius 2 is 1.78 bits per heavy atom. The molecule has 4 aromatic rings. The van der Waals surface area contributed by atoms with Gasteiger partial charge in [-0.1, -0.05) is 6.07 Å². The number of oxazole rings is 1. The normalized spacial score (nSPS) is 11.3. The first kappa shape index (κ1) is 16.7. The summed E-state index contributed by atoms with van der Waals surface area (Å²) in [5, 5.41) is 10.7. The van der Waals surface area contributed by atoms with Gasteiger partial charge in [-0.15, -0.1) is 0 Å². The quantitative estimate of drug-likeness (QED) is 0.276. The van der Waals surface area contributed by atoms with E-state index in [4.69, 9.17) is 4.42 Å². The fourth-order valence-corrected chi connectivity index (χ4v) is 2.68. The molecule has 0 N–H and O–H groups in total. The number of benzene rings is 3. The molecule has 0 spiro atoms. The summed E-state index contributed by atoms with van der Waals surface area (Å²) in [7, 11) is 0. The maximum Gasteiger partial charge on any atom is 0.269 e. The smallest absolute Gasteiger partial charge is 0.269 e. The third-order valence-corrected chi connectivity index (χ3v) is 4.12. The molecule has 0 amide bonds. The Morgan fingerprint density at radius 1 is 1.04 bits per heavy atom. The second kappa shape index (κ2) is 6.84. The third-order valence-electron chi connectivity index (χ3n) is 4.12. The summed E-state index contributed by atoms with van der Waals surface area (Å²) in [6.45, 7) is 2.02. The van der Waals surface area contributed by atoms with E-state index in [2.05, 4.69) is 9.98 Å². The molecule has 1 heterocycles. The number of aliphatic imine (C=N–C) groups is 1. The number of fused-ring (bicyclic) bond motifs is 1. The van der Waals surface area contributed by atoms with Gasteiger partial charge in [-0.05, 0) is 66.6 Å². The second-order valence-electron chi connectivity index (χ2n) is 6.14. The molecule has 0 atom stereocenters. The average molecular weight is 357 g/mol. The highest BCUT2D eigenvalue weighted by Gasteiger charge is 2.08. The fourth-order valence-electron chi connectivity index (χ4n) is 2.68. The van der Waals surface area contributed by atoms with Gasteiger partial charge in [-0.3, -0.25) is 15.1 Å². The first-order valence-corrected chi connectivity index (χ1v) is 8.35. The molecule has 6 nitrogen and oxygen atoms in total. The molecule has 0 unspecified atom stereocenters. The lowest BCUT2D eigenvalue weighted by molar-refractivity contribution is -0.384. The number of hydrogen-bond donors (Lipinski definition) is 0. The lowest BCUT2D eigenvalue weighted by atomic mass is 10.2. The largest absolute Gasteiger partial charge is 0.436 e. The van der Waals surface area contributed by atoms with Crippen molar-refractivity contribution in [3.8, 4) is 11.5 Å². The van der Waals surface area contributed by atoms with Crippen molar-refractivity contribution in [3.05, 3.63) is 88.0 Å². The van der Waals surface area contributed by atoms with Crippen molar-refractivity contribution in [2.24, 2.45) is 4.99 Å². The fraction of sp³-hybridized carbons (Fsp3) is 0.0476. The van der Waals surface area contributed by atoms with Gasteiger partial charge in [0.2, 0.25) is 5.89 Å². The zero-order valence-corrected chi connectivity index (χ0v) is 14.5. The SMILES string of the molecule is Cc1ccc2oc(-c3ccc(N=Cc4ccc([N+](=O)[O-])cc4)cc3)nc2c1. The van der Waals surface area contributed by atoms with Crippen LogP contribution in [0.3, 0.4) is 0 Å². The minimum absolute atomic E-state index is 0.0602. The Labute approximate surface area is 155 Å². The lowest BCUT2D eigenvalue weighted by Crippen LogP contribution is -1.88. The number of aromatic nitrogens is 1. The Morgan fingerprint density at radius 3 is 2.48 bits per heavy atom. The zero-order chi connectivity index (χ0) is 18.8. The molecule has 0 saturated heterocycles. The maximum atomic E-state index is 10.7. The molecule has 4 rings (SSSR count). The van der Waals surface area contributed by atoms with E-state index in [1.165, 1.54) is 12.1 Å². The van der Waals surface area contributed by atoms with Gasteiger partial charge in [0.05, 0.1) is 10.6 Å². The van der Waals surface area contributed by atoms with Crippen LogP contribution in [0.25, 0.3) is 22.6 Å². The third kappa shape index (κ3) is 3.59. The molecule has 132 valence electrons. The summed E-state index contributed by atoms with van der Waals surface area (Å²) in [5.74, 6) is 0.571. The first-order chi connectivity index (χ1) is 13.1. The van der Waals surface area contributed by atoms with Crippen molar-refractivity contribution < 1.29 is 9.34 Å². The van der Waals surface area contributed by atoms with Crippen molar-refractivity contribution in [2.45, 2.75) is 6.92 Å². The van der Waals surface area contributed by atoms with E-state index in [0.29, 0.717) is 5.89 Å². The van der Waals surface area contributed by atoms with Gasteiger partial charge in [0.1, 0.15) is 5.52 Å². The lowest BCUT2D eigenvalue weighted by Gasteiger charge is -1.97. The summed E-state index contributed by atoms with van der Waals surface area (Å²) in [6.07, 6.45) is 1.67. The molecular weight excluding hydrogens is 342 g/mol. The van der Waals surface area contributed by atoms with E-state index < -0.39 is 4.92 Å². The minimum Gasteiger partial charge on any atom is -0.436 e. The van der Waals surface area contributed by atoms with Crippen LogP contribution in [0.15, 0.2) is 76.1 Å². The molecule has 0 aliphatic heterocycles. The van der Waals surface area contributed by atoms with E-state index in [1.54, 1.807) is 18.3 Å². The van der Waals surface area contributed by atoms with E-state index in [1.807, 2.05) is 49.4 Å². The highest BCUT2D eigenvalue weighted by molar-refractivity contribution is 5.82. The van der Waals surface area contributed by atoms with Crippen LogP contribution < -0.4 is 0 Å². The number of non-ortho nitro benzene ring substituents is 1. The van der Waals surface area contributed by atoms with Gasteiger partial charge in [-0.25, -0.2) is 4.98 Å². The van der Waals surface area contributed by atoms with Crippen LogP contribution in [0.5, 0.6) is 0 Å². The molecular formula is C21H15N3O3. The van der Waals surface area contributed by atoms with Gasteiger partial charge in [0, 0.05) is 23.9 Å². The summed E-state index contributed by atoms with van der Waals surface area (Å²) in [5.41, 5.74) is 5.23. The highest BCUT2D eigenvalue weighted by Crippen LogP contribution is 2.26. The predicted octanol–water partition coefficient (Wildman–Crippen LogP) is 5.46. The van der Waals surface area contributed by atoms with Crippen molar-refractivity contribution in [1.29, 1.82) is 0 Å².